The molecule has 14 nitrogen and oxygen atoms in total. The molecule has 0 spiro atoms. The molecule has 124 valence electrons. The van der Waals surface area contributed by atoms with Gasteiger partial charge in [-0.05, 0) is 0 Å². The third-order valence-electron chi connectivity index (χ3n) is 2.82. The van der Waals surface area contributed by atoms with E-state index in [9.17, 15) is 19.2 Å². The third kappa shape index (κ3) is 2.65. The molecule has 14 heteroatoms. The number of fused-ring (bicyclic) bond motifs is 2. The minimum atomic E-state index is -0.478. The van der Waals surface area contributed by atoms with Crippen molar-refractivity contribution in [2.24, 2.45) is 0 Å². The molecule has 0 fully saturated rings. The normalized spacial score (nSPS) is 10.7. The summed E-state index contributed by atoms with van der Waals surface area (Å²) in [5.41, 5.74) is 9.13. The maximum atomic E-state index is 11.0. The smallest absolute Gasteiger partial charge is 0.325 e. The van der Waals surface area contributed by atoms with E-state index in [1.54, 1.807) is 0 Å². The zero-order valence-corrected chi connectivity index (χ0v) is 11.7. The number of nitrogens with one attached hydrogen (secondary N) is 6. The topological polar surface area (TPSA) is 241 Å². The fourth-order valence-corrected chi connectivity index (χ4v) is 1.90. The SMILES string of the molecule is Nc1nc2[nH]c(=O)[nH]c2c(=O)[nH]1.Nc1nc2[nH]c(=O)[nH]c2c(=O)[nH]1. The van der Waals surface area contributed by atoms with Crippen LogP contribution in [0.25, 0.3) is 22.3 Å². The number of nitrogen functional groups attached to an aromatic ring is 2. The van der Waals surface area contributed by atoms with E-state index in [1.165, 1.54) is 0 Å². The molecule has 0 saturated heterocycles. The van der Waals surface area contributed by atoms with Gasteiger partial charge in [0.2, 0.25) is 11.9 Å². The van der Waals surface area contributed by atoms with Gasteiger partial charge in [-0.25, -0.2) is 9.59 Å². The third-order valence-corrected chi connectivity index (χ3v) is 2.82. The number of imidazole rings is 2. The standard InChI is InChI=1S/2C5H5N5O2/c2*6-4-8-2-1(3(11)10-4)7-5(12)9-2/h2*(H5,6,7,8,9,10,11,12). The van der Waals surface area contributed by atoms with Crippen molar-refractivity contribution in [3.8, 4) is 0 Å². The van der Waals surface area contributed by atoms with Crippen molar-refractivity contribution >= 4 is 34.2 Å². The lowest BCUT2D eigenvalue weighted by Gasteiger charge is -1.89. The highest BCUT2D eigenvalue weighted by Crippen LogP contribution is 1.97. The van der Waals surface area contributed by atoms with Crippen LogP contribution in [0, 0.1) is 0 Å². The number of hydrogen-bond donors (Lipinski definition) is 8. The zero-order chi connectivity index (χ0) is 17.4. The van der Waals surface area contributed by atoms with Crippen molar-refractivity contribution in [1.82, 2.24) is 39.9 Å². The zero-order valence-electron chi connectivity index (χ0n) is 11.7. The van der Waals surface area contributed by atoms with E-state index >= 15 is 0 Å². The largest absolute Gasteiger partial charge is 0.369 e. The monoisotopic (exact) mass is 334 g/mol. The van der Waals surface area contributed by atoms with Gasteiger partial charge in [0, 0.05) is 0 Å². The highest BCUT2D eigenvalue weighted by molar-refractivity contribution is 5.69. The van der Waals surface area contributed by atoms with Gasteiger partial charge in [-0.3, -0.25) is 39.5 Å². The van der Waals surface area contributed by atoms with E-state index in [0.717, 1.165) is 0 Å². The first-order valence-electron chi connectivity index (χ1n) is 6.29. The first-order valence-corrected chi connectivity index (χ1v) is 6.29. The predicted octanol–water partition coefficient (Wildman–Crippen LogP) is -2.96. The molecule has 4 aromatic rings. The van der Waals surface area contributed by atoms with Gasteiger partial charge in [0.1, 0.15) is 0 Å². The van der Waals surface area contributed by atoms with Crippen molar-refractivity contribution in [2.75, 3.05) is 11.5 Å². The van der Waals surface area contributed by atoms with Crippen LogP contribution >= 0.6 is 0 Å². The van der Waals surface area contributed by atoms with Gasteiger partial charge >= 0.3 is 11.4 Å². The second-order valence-corrected chi connectivity index (χ2v) is 4.51. The number of aromatic nitrogens is 8. The van der Waals surface area contributed by atoms with Gasteiger partial charge in [-0.15, -0.1) is 0 Å². The lowest BCUT2D eigenvalue weighted by Crippen LogP contribution is -2.11. The summed E-state index contributed by atoms with van der Waals surface area (Å²) < 4.78 is 0. The summed E-state index contributed by atoms with van der Waals surface area (Å²) in [6, 6.07) is 0. The molecule has 4 heterocycles. The number of hydrogen-bond acceptors (Lipinski definition) is 8. The summed E-state index contributed by atoms with van der Waals surface area (Å²) in [5.74, 6) is -0.0505. The Kier molecular flexibility index (Phi) is 3.25. The van der Waals surface area contributed by atoms with Gasteiger partial charge in [0.05, 0.1) is 0 Å². The molecule has 0 bridgehead atoms. The molecule has 24 heavy (non-hydrogen) atoms. The molecule has 0 saturated carbocycles. The van der Waals surface area contributed by atoms with Crippen LogP contribution < -0.4 is 34.0 Å². The number of nitrogens with zero attached hydrogens (tertiary/aromatic N) is 2. The van der Waals surface area contributed by atoms with Crippen LogP contribution in [-0.4, -0.2) is 39.9 Å². The summed E-state index contributed by atoms with van der Waals surface area (Å²) >= 11 is 0. The summed E-state index contributed by atoms with van der Waals surface area (Å²) in [6.07, 6.45) is 0. The number of aromatic amines is 6. The molecule has 0 atom stereocenters. The first-order chi connectivity index (χ1) is 11.3. The maximum Gasteiger partial charge on any atom is 0.325 e. The van der Waals surface area contributed by atoms with Crippen molar-refractivity contribution in [3.63, 3.8) is 0 Å². The van der Waals surface area contributed by atoms with Gasteiger partial charge in [0.15, 0.2) is 22.3 Å². The fourth-order valence-electron chi connectivity index (χ4n) is 1.90. The Morgan fingerprint density at radius 3 is 1.33 bits per heavy atom. The second-order valence-electron chi connectivity index (χ2n) is 4.51. The molecular formula is C10H10N10O4. The van der Waals surface area contributed by atoms with E-state index < -0.39 is 22.5 Å². The molecule has 10 N–H and O–H groups in total. The van der Waals surface area contributed by atoms with Gasteiger partial charge < -0.3 is 11.5 Å². The number of nitrogens with two attached hydrogens (primary N) is 2. The van der Waals surface area contributed by atoms with Crippen molar-refractivity contribution < 1.29 is 0 Å². The maximum absolute atomic E-state index is 11.0. The molecule has 0 aliphatic heterocycles. The summed E-state index contributed by atoms with van der Waals surface area (Å²) in [5, 5.41) is 0. The number of H-pyrrole nitrogens is 6. The van der Waals surface area contributed by atoms with E-state index in [0.29, 0.717) is 0 Å². The van der Waals surface area contributed by atoms with Gasteiger partial charge in [-0.1, -0.05) is 0 Å². The van der Waals surface area contributed by atoms with Crippen LogP contribution in [0.3, 0.4) is 0 Å². The Balaban J connectivity index is 0.000000141. The summed E-state index contributed by atoms with van der Waals surface area (Å²) in [7, 11) is 0. The molecule has 0 aliphatic rings. The molecule has 0 amide bonds. The first kappa shape index (κ1) is 14.8. The lowest BCUT2D eigenvalue weighted by molar-refractivity contribution is 1.17. The molecule has 0 unspecified atom stereocenters. The van der Waals surface area contributed by atoms with Crippen LogP contribution in [0.15, 0.2) is 19.2 Å². The highest BCUT2D eigenvalue weighted by atomic mass is 16.2. The van der Waals surface area contributed by atoms with Crippen LogP contribution in [0.2, 0.25) is 0 Å². The number of rotatable bonds is 0. The van der Waals surface area contributed by atoms with Crippen LogP contribution in [0.4, 0.5) is 11.9 Å². The lowest BCUT2D eigenvalue weighted by atomic mass is 10.5. The second kappa shape index (κ2) is 5.27. The van der Waals surface area contributed by atoms with Crippen LogP contribution in [-0.2, 0) is 0 Å². The van der Waals surface area contributed by atoms with E-state index in [2.05, 4.69) is 39.9 Å². The summed E-state index contributed by atoms with van der Waals surface area (Å²) in [4.78, 5) is 64.6. The molecular weight excluding hydrogens is 324 g/mol. The minimum absolute atomic E-state index is 0.0252. The van der Waals surface area contributed by atoms with Crippen molar-refractivity contribution in [2.45, 2.75) is 0 Å². The van der Waals surface area contributed by atoms with Crippen molar-refractivity contribution in [3.05, 3.63) is 41.7 Å². The average Bonchev–Trinajstić information content (AvgIpc) is 3.01. The molecule has 0 aromatic carbocycles. The van der Waals surface area contributed by atoms with Gasteiger partial charge in [-0.2, -0.15) is 9.97 Å². The molecule has 0 aliphatic carbocycles. The Labute approximate surface area is 128 Å². The molecule has 0 radical (unpaired) electrons. The number of anilines is 2. The minimum Gasteiger partial charge on any atom is -0.369 e. The molecule has 4 aromatic heterocycles. The van der Waals surface area contributed by atoms with Crippen LogP contribution in [0.5, 0.6) is 0 Å². The Bertz CT molecular complexity index is 1160. The Hall–Kier alpha value is -4.10. The Morgan fingerprint density at radius 2 is 0.958 bits per heavy atom. The highest BCUT2D eigenvalue weighted by Gasteiger charge is 2.04. The fraction of sp³-hybridized carbons (Fsp3) is 0. The van der Waals surface area contributed by atoms with Crippen molar-refractivity contribution in [1.29, 1.82) is 0 Å². The van der Waals surface area contributed by atoms with E-state index in [4.69, 9.17) is 11.5 Å². The average molecular weight is 334 g/mol. The quantitative estimate of drug-likeness (QED) is 0.165. The van der Waals surface area contributed by atoms with E-state index in [-0.39, 0.29) is 34.2 Å². The van der Waals surface area contributed by atoms with Gasteiger partial charge in [0.25, 0.3) is 11.1 Å². The summed E-state index contributed by atoms with van der Waals surface area (Å²) in [6.45, 7) is 0. The Morgan fingerprint density at radius 1 is 0.583 bits per heavy atom. The predicted molar refractivity (Wildman–Crippen MR) is 83.5 cm³/mol. The molecule has 4 rings (SSSR count). The van der Waals surface area contributed by atoms with E-state index in [1.807, 2.05) is 0 Å². The van der Waals surface area contributed by atoms with Crippen LogP contribution in [0.1, 0.15) is 0 Å².